The Morgan fingerprint density at radius 3 is 2.69 bits per heavy atom. The van der Waals surface area contributed by atoms with E-state index in [1.54, 1.807) is 30.5 Å². The number of aryl methyl sites for hydroxylation is 2. The Morgan fingerprint density at radius 2 is 1.97 bits per heavy atom. The Morgan fingerprint density at radius 1 is 1.20 bits per heavy atom. The third-order valence-electron chi connectivity index (χ3n) is 6.12. The lowest BCUT2D eigenvalue weighted by Crippen LogP contribution is -2.33. The molecule has 1 amide bonds. The van der Waals surface area contributed by atoms with Crippen molar-refractivity contribution >= 4 is 17.5 Å². The Balaban J connectivity index is 1.52. The lowest BCUT2D eigenvalue weighted by Gasteiger charge is -2.29. The molecule has 3 N–H and O–H groups in total. The van der Waals surface area contributed by atoms with Crippen LogP contribution >= 0.6 is 0 Å². The molecule has 1 atom stereocenters. The van der Waals surface area contributed by atoms with Crippen LogP contribution in [0.2, 0.25) is 0 Å². The van der Waals surface area contributed by atoms with E-state index in [1.165, 1.54) is 0 Å². The van der Waals surface area contributed by atoms with Crippen molar-refractivity contribution in [2.75, 3.05) is 25.5 Å². The highest BCUT2D eigenvalue weighted by Crippen LogP contribution is 2.32. The maximum atomic E-state index is 13.6. The van der Waals surface area contributed by atoms with Gasteiger partial charge in [-0.2, -0.15) is 18.3 Å². The molecule has 0 aliphatic carbocycles. The number of aromatic nitrogens is 4. The van der Waals surface area contributed by atoms with Gasteiger partial charge in [-0.25, -0.2) is 9.97 Å². The number of rotatable bonds is 8. The fourth-order valence-corrected chi connectivity index (χ4v) is 4.41. The lowest BCUT2D eigenvalue weighted by atomic mass is 9.98. The summed E-state index contributed by atoms with van der Waals surface area (Å²) in [7, 11) is 2.07. The normalized spacial score (nSPS) is 16.9. The number of likely N-dealkylation sites (tertiary alicyclic amines) is 1. The van der Waals surface area contributed by atoms with E-state index in [2.05, 4.69) is 32.3 Å². The third kappa shape index (κ3) is 6.36. The molecule has 0 spiro atoms. The molecule has 11 heteroatoms. The molecule has 1 fully saturated rings. The first-order valence-electron chi connectivity index (χ1n) is 11.5. The molecule has 0 bridgehead atoms. The largest absolute Gasteiger partial charge is 0.419 e. The maximum absolute atomic E-state index is 13.6. The number of primary amides is 1. The predicted octanol–water partition coefficient (Wildman–Crippen LogP) is 3.52. The first-order chi connectivity index (χ1) is 16.7. The second-order valence-corrected chi connectivity index (χ2v) is 8.86. The smallest absolute Gasteiger partial charge is 0.369 e. The van der Waals surface area contributed by atoms with Crippen LogP contribution in [-0.2, 0) is 30.2 Å². The highest BCUT2D eigenvalue weighted by Gasteiger charge is 2.35. The van der Waals surface area contributed by atoms with Gasteiger partial charge in [-0.3, -0.25) is 9.48 Å². The molecule has 0 saturated carbocycles. The van der Waals surface area contributed by atoms with Gasteiger partial charge in [-0.05, 0) is 50.4 Å². The zero-order chi connectivity index (χ0) is 25.0. The van der Waals surface area contributed by atoms with E-state index < -0.39 is 17.6 Å². The summed E-state index contributed by atoms with van der Waals surface area (Å²) >= 11 is 0. The minimum atomic E-state index is -4.58. The second kappa shape index (κ2) is 10.4. The molecule has 8 nitrogen and oxygen atoms in total. The SMILES string of the molecule is CN1CCCC(n2cc(Nc3ncc(C(F)(F)F)c(CCc4ccccc4CC(N)=O)n3)cn2)C1. The molecule has 1 unspecified atom stereocenters. The number of alkyl halides is 3. The number of carbonyl (C=O) groups excluding carboxylic acids is 1. The molecule has 1 aliphatic rings. The zero-order valence-electron chi connectivity index (χ0n) is 19.4. The van der Waals surface area contributed by atoms with Crippen molar-refractivity contribution < 1.29 is 18.0 Å². The molecule has 35 heavy (non-hydrogen) atoms. The van der Waals surface area contributed by atoms with Crippen molar-refractivity contribution in [2.24, 2.45) is 5.73 Å². The number of halogens is 3. The van der Waals surface area contributed by atoms with Crippen molar-refractivity contribution in [1.82, 2.24) is 24.6 Å². The first-order valence-corrected chi connectivity index (χ1v) is 11.5. The van der Waals surface area contributed by atoms with Gasteiger partial charge in [0.15, 0.2) is 0 Å². The van der Waals surface area contributed by atoms with Crippen LogP contribution in [-0.4, -0.2) is 50.7 Å². The van der Waals surface area contributed by atoms with Gasteiger partial charge in [0, 0.05) is 18.9 Å². The number of amides is 1. The fraction of sp³-hybridized carbons (Fsp3) is 0.417. The van der Waals surface area contributed by atoms with Crippen molar-refractivity contribution in [3.8, 4) is 0 Å². The molecule has 2 aromatic heterocycles. The summed E-state index contributed by atoms with van der Waals surface area (Å²) in [4.78, 5) is 21.7. The predicted molar refractivity (Wildman–Crippen MR) is 125 cm³/mol. The topological polar surface area (TPSA) is 102 Å². The number of nitrogens with zero attached hydrogens (tertiary/aromatic N) is 5. The molecule has 1 saturated heterocycles. The van der Waals surface area contributed by atoms with Crippen LogP contribution in [0.3, 0.4) is 0 Å². The maximum Gasteiger partial charge on any atom is 0.419 e. The van der Waals surface area contributed by atoms with Crippen LogP contribution in [0.25, 0.3) is 0 Å². The third-order valence-corrected chi connectivity index (χ3v) is 6.12. The molecule has 3 heterocycles. The van der Waals surface area contributed by atoms with E-state index in [0.717, 1.165) is 37.7 Å². The average molecular weight is 488 g/mol. The number of nitrogens with one attached hydrogen (secondary N) is 1. The van der Waals surface area contributed by atoms with Crippen LogP contribution < -0.4 is 11.1 Å². The molecule has 186 valence electrons. The van der Waals surface area contributed by atoms with Crippen LogP contribution in [0.1, 0.15) is 41.3 Å². The van der Waals surface area contributed by atoms with Gasteiger partial charge in [0.2, 0.25) is 11.9 Å². The fourth-order valence-electron chi connectivity index (χ4n) is 4.41. The highest BCUT2D eigenvalue weighted by atomic mass is 19.4. The van der Waals surface area contributed by atoms with Gasteiger partial charge in [-0.1, -0.05) is 24.3 Å². The summed E-state index contributed by atoms with van der Waals surface area (Å²) in [6.45, 7) is 1.94. The van der Waals surface area contributed by atoms with E-state index in [0.29, 0.717) is 11.3 Å². The van der Waals surface area contributed by atoms with E-state index in [9.17, 15) is 18.0 Å². The second-order valence-electron chi connectivity index (χ2n) is 8.86. The number of carbonyl (C=O) groups is 1. The van der Waals surface area contributed by atoms with Gasteiger partial charge in [0.1, 0.15) is 0 Å². The molecular weight excluding hydrogens is 459 g/mol. The van der Waals surface area contributed by atoms with Crippen molar-refractivity contribution in [1.29, 1.82) is 0 Å². The lowest BCUT2D eigenvalue weighted by molar-refractivity contribution is -0.138. The van der Waals surface area contributed by atoms with Gasteiger partial charge >= 0.3 is 6.18 Å². The molecule has 3 aromatic rings. The first kappa shape index (κ1) is 24.6. The number of hydrogen-bond donors (Lipinski definition) is 2. The molecule has 1 aliphatic heterocycles. The number of nitrogens with two attached hydrogens (primary N) is 1. The highest BCUT2D eigenvalue weighted by molar-refractivity contribution is 5.77. The van der Waals surface area contributed by atoms with Crippen LogP contribution in [0.15, 0.2) is 42.9 Å². The van der Waals surface area contributed by atoms with E-state index in [-0.39, 0.29) is 36.9 Å². The van der Waals surface area contributed by atoms with Gasteiger partial charge in [0.25, 0.3) is 0 Å². The van der Waals surface area contributed by atoms with Crippen molar-refractivity contribution in [3.05, 3.63) is 65.2 Å². The summed E-state index contributed by atoms with van der Waals surface area (Å²) < 4.78 is 42.8. The van der Waals surface area contributed by atoms with Crippen LogP contribution in [0.4, 0.5) is 24.8 Å². The summed E-state index contributed by atoms with van der Waals surface area (Å²) in [5.41, 5.74) is 6.37. The van der Waals surface area contributed by atoms with Crippen molar-refractivity contribution in [2.45, 2.75) is 44.3 Å². The van der Waals surface area contributed by atoms with Gasteiger partial charge in [0.05, 0.1) is 35.6 Å². The summed E-state index contributed by atoms with van der Waals surface area (Å²) in [6.07, 6.45) is 2.09. The van der Waals surface area contributed by atoms with E-state index >= 15 is 0 Å². The van der Waals surface area contributed by atoms with E-state index in [4.69, 9.17) is 5.73 Å². The quantitative estimate of drug-likeness (QED) is 0.504. The molecule has 1 aromatic carbocycles. The number of piperidine rings is 1. The molecule has 4 rings (SSSR count). The minimum absolute atomic E-state index is 0.0233. The van der Waals surface area contributed by atoms with Gasteiger partial charge < -0.3 is 16.0 Å². The summed E-state index contributed by atoms with van der Waals surface area (Å²) in [5.74, 6) is -0.430. The van der Waals surface area contributed by atoms with Crippen molar-refractivity contribution in [3.63, 3.8) is 0 Å². The monoisotopic (exact) mass is 487 g/mol. The minimum Gasteiger partial charge on any atom is -0.369 e. The average Bonchev–Trinajstić information content (AvgIpc) is 3.26. The summed E-state index contributed by atoms with van der Waals surface area (Å²) in [5, 5.41) is 7.39. The number of hydrogen-bond acceptors (Lipinski definition) is 6. The van der Waals surface area contributed by atoms with E-state index in [1.807, 2.05) is 10.9 Å². The Kier molecular flexibility index (Phi) is 7.34. The van der Waals surface area contributed by atoms with Gasteiger partial charge in [-0.15, -0.1) is 0 Å². The standard InChI is InChI=1S/C24H28F3N7O/c1-33-10-4-7-19(15-33)34-14-18(12-30-34)31-23-29-13-20(24(25,26)27)21(32-23)9-8-16-5-2-3-6-17(16)11-22(28)35/h2-3,5-6,12-14,19H,4,7-11,15H2,1H3,(H2,28,35)(H,29,31,32). The molecule has 0 radical (unpaired) electrons. The summed E-state index contributed by atoms with van der Waals surface area (Å²) in [6, 6.07) is 7.32. The number of likely N-dealkylation sites (N-methyl/N-ethyl adjacent to an activating group) is 1. The van der Waals surface area contributed by atoms with Crippen LogP contribution in [0.5, 0.6) is 0 Å². The Hall–Kier alpha value is -3.47. The number of benzene rings is 1. The van der Waals surface area contributed by atoms with Crippen LogP contribution in [0, 0.1) is 0 Å². The molecular formula is C24H28F3N7O. The number of anilines is 2. The Labute approximate surface area is 201 Å². The zero-order valence-corrected chi connectivity index (χ0v) is 19.4. The Bertz CT molecular complexity index is 1180.